The van der Waals surface area contributed by atoms with E-state index in [-0.39, 0.29) is 5.95 Å². The SMILES string of the molecule is Cc1cccnc1-c1nc(NN)nc(=O)[nH]1.c1cc2ccc1-2. The van der Waals surface area contributed by atoms with Gasteiger partial charge in [-0.2, -0.15) is 9.97 Å². The molecule has 4 rings (SSSR count). The first-order chi connectivity index (χ1) is 10.7. The summed E-state index contributed by atoms with van der Waals surface area (Å²) in [5.41, 5.74) is 6.05. The number of hydrazine groups is 1. The van der Waals surface area contributed by atoms with Crippen LogP contribution in [0.25, 0.3) is 22.6 Å². The van der Waals surface area contributed by atoms with Gasteiger partial charge in [-0.3, -0.25) is 15.4 Å². The summed E-state index contributed by atoms with van der Waals surface area (Å²) in [6.45, 7) is 1.87. The molecule has 0 spiro atoms. The van der Waals surface area contributed by atoms with Crippen LogP contribution in [0.5, 0.6) is 0 Å². The quantitative estimate of drug-likeness (QED) is 0.381. The zero-order chi connectivity index (χ0) is 15.5. The molecular formula is C15H14N6O. The number of nitrogens with one attached hydrogen (secondary N) is 2. The summed E-state index contributed by atoms with van der Waals surface area (Å²) in [6.07, 6.45) is 1.62. The molecule has 0 atom stereocenters. The van der Waals surface area contributed by atoms with Gasteiger partial charge in [0.1, 0.15) is 5.69 Å². The number of rotatable bonds is 2. The van der Waals surface area contributed by atoms with E-state index < -0.39 is 5.69 Å². The van der Waals surface area contributed by atoms with Crippen molar-refractivity contribution in [2.45, 2.75) is 6.92 Å². The van der Waals surface area contributed by atoms with Gasteiger partial charge in [0, 0.05) is 6.20 Å². The molecule has 0 aromatic carbocycles. The highest BCUT2D eigenvalue weighted by Crippen LogP contribution is 2.29. The van der Waals surface area contributed by atoms with Gasteiger partial charge >= 0.3 is 5.69 Å². The Labute approximate surface area is 126 Å². The molecule has 2 heterocycles. The summed E-state index contributed by atoms with van der Waals surface area (Å²) in [7, 11) is 0. The van der Waals surface area contributed by atoms with Crippen LogP contribution in [-0.2, 0) is 0 Å². The van der Waals surface area contributed by atoms with E-state index in [0.29, 0.717) is 11.5 Å². The molecule has 0 aliphatic heterocycles. The third-order valence-electron chi connectivity index (χ3n) is 3.23. The van der Waals surface area contributed by atoms with Crippen molar-refractivity contribution in [3.05, 3.63) is 58.6 Å². The number of benzene rings is 1. The number of aromatic nitrogens is 4. The van der Waals surface area contributed by atoms with Gasteiger partial charge in [-0.05, 0) is 29.7 Å². The second-order valence-electron chi connectivity index (χ2n) is 4.72. The van der Waals surface area contributed by atoms with Gasteiger partial charge in [-0.25, -0.2) is 10.6 Å². The van der Waals surface area contributed by atoms with E-state index in [2.05, 4.69) is 49.6 Å². The molecule has 0 saturated heterocycles. The molecule has 0 bridgehead atoms. The molecule has 22 heavy (non-hydrogen) atoms. The fraction of sp³-hybridized carbons (Fsp3) is 0.0667. The maximum Gasteiger partial charge on any atom is 0.349 e. The van der Waals surface area contributed by atoms with Crippen molar-refractivity contribution in [1.82, 2.24) is 19.9 Å². The molecule has 7 heteroatoms. The summed E-state index contributed by atoms with van der Waals surface area (Å²) in [6, 6.07) is 12.2. The van der Waals surface area contributed by atoms with E-state index >= 15 is 0 Å². The topological polar surface area (TPSA) is 110 Å². The van der Waals surface area contributed by atoms with E-state index in [0.717, 1.165) is 5.56 Å². The first-order valence-corrected chi connectivity index (χ1v) is 6.65. The zero-order valence-corrected chi connectivity index (χ0v) is 11.9. The Morgan fingerprint density at radius 3 is 2.27 bits per heavy atom. The minimum atomic E-state index is -0.525. The average molecular weight is 294 g/mol. The van der Waals surface area contributed by atoms with E-state index in [1.165, 1.54) is 11.1 Å². The van der Waals surface area contributed by atoms with Crippen LogP contribution in [-0.4, -0.2) is 19.9 Å². The van der Waals surface area contributed by atoms with Crippen LogP contribution in [0.1, 0.15) is 5.56 Å². The Morgan fingerprint density at radius 1 is 1.09 bits per heavy atom. The molecule has 0 amide bonds. The molecule has 2 aliphatic carbocycles. The largest absolute Gasteiger partial charge is 0.349 e. The van der Waals surface area contributed by atoms with Crippen LogP contribution < -0.4 is 17.0 Å². The number of hydrogen-bond donors (Lipinski definition) is 3. The van der Waals surface area contributed by atoms with Gasteiger partial charge in [0.05, 0.1) is 0 Å². The van der Waals surface area contributed by atoms with Crippen LogP contribution in [0.2, 0.25) is 0 Å². The van der Waals surface area contributed by atoms with E-state index in [9.17, 15) is 4.79 Å². The van der Waals surface area contributed by atoms with Gasteiger partial charge in [0.2, 0.25) is 5.95 Å². The van der Waals surface area contributed by atoms with Gasteiger partial charge < -0.3 is 0 Å². The highest BCUT2D eigenvalue weighted by atomic mass is 16.1. The smallest absolute Gasteiger partial charge is 0.292 e. The number of hydrogen-bond acceptors (Lipinski definition) is 6. The predicted octanol–water partition coefficient (Wildman–Crippen LogP) is 1.49. The fourth-order valence-electron chi connectivity index (χ4n) is 1.96. The lowest BCUT2D eigenvalue weighted by Crippen LogP contribution is -2.20. The van der Waals surface area contributed by atoms with Gasteiger partial charge in [-0.1, -0.05) is 30.3 Å². The Bertz CT molecular complexity index is 835. The Kier molecular flexibility index (Phi) is 3.63. The van der Waals surface area contributed by atoms with Gasteiger partial charge in [0.15, 0.2) is 5.82 Å². The lowest BCUT2D eigenvalue weighted by atomic mass is 9.95. The van der Waals surface area contributed by atoms with Crippen molar-refractivity contribution in [1.29, 1.82) is 0 Å². The second-order valence-corrected chi connectivity index (χ2v) is 4.72. The number of nitrogen functional groups attached to an aromatic ring is 1. The minimum Gasteiger partial charge on any atom is -0.292 e. The van der Waals surface area contributed by atoms with Crippen LogP contribution in [0, 0.1) is 6.92 Å². The van der Waals surface area contributed by atoms with Crippen LogP contribution in [0.15, 0.2) is 47.4 Å². The molecule has 2 aromatic rings. The first-order valence-electron chi connectivity index (χ1n) is 6.65. The average Bonchev–Trinajstić information content (AvgIpc) is 2.51. The monoisotopic (exact) mass is 294 g/mol. The van der Waals surface area contributed by atoms with Gasteiger partial charge in [-0.15, -0.1) is 0 Å². The number of aromatic amines is 1. The molecule has 110 valence electrons. The second kappa shape index (κ2) is 5.74. The van der Waals surface area contributed by atoms with Crippen molar-refractivity contribution in [2.75, 3.05) is 5.43 Å². The number of H-pyrrole nitrogens is 1. The Morgan fingerprint density at radius 2 is 1.77 bits per heavy atom. The normalized spacial score (nSPS) is 10.5. The van der Waals surface area contributed by atoms with E-state index in [1.807, 2.05) is 13.0 Å². The molecule has 2 aliphatic rings. The maximum absolute atomic E-state index is 11.2. The Balaban J connectivity index is 0.000000196. The molecule has 4 N–H and O–H groups in total. The molecule has 0 radical (unpaired) electrons. The highest BCUT2D eigenvalue weighted by molar-refractivity contribution is 5.75. The Hall–Kier alpha value is -3.06. The zero-order valence-electron chi connectivity index (χ0n) is 11.9. The van der Waals surface area contributed by atoms with Crippen molar-refractivity contribution in [3.8, 4) is 22.6 Å². The van der Waals surface area contributed by atoms with Crippen molar-refractivity contribution >= 4 is 5.95 Å². The molecule has 2 aromatic heterocycles. The fourth-order valence-corrected chi connectivity index (χ4v) is 1.96. The third kappa shape index (κ3) is 2.70. The number of nitrogens with zero attached hydrogens (tertiary/aromatic N) is 3. The summed E-state index contributed by atoms with van der Waals surface area (Å²) >= 11 is 0. The van der Waals surface area contributed by atoms with E-state index in [4.69, 9.17) is 5.84 Å². The summed E-state index contributed by atoms with van der Waals surface area (Å²) in [4.78, 5) is 25.4. The number of aryl methyl sites for hydroxylation is 1. The lowest BCUT2D eigenvalue weighted by molar-refractivity contribution is 0.974. The first kappa shape index (κ1) is 13.9. The minimum absolute atomic E-state index is 0.0591. The number of nitrogens with two attached hydrogens (primary N) is 1. The standard InChI is InChI=1S/C9H10N6O.C6H4/c1-5-3-2-4-11-6(5)7-12-8(15-10)14-9(16)13-7;1-2-6-4-3-5(1)6/h2-4H,10H2,1H3,(H2,12,13,14,15,16);1-4H. The number of pyridine rings is 1. The van der Waals surface area contributed by atoms with Crippen molar-refractivity contribution < 1.29 is 0 Å². The van der Waals surface area contributed by atoms with Crippen LogP contribution >= 0.6 is 0 Å². The third-order valence-corrected chi connectivity index (χ3v) is 3.23. The summed E-state index contributed by atoms with van der Waals surface area (Å²) in [5, 5.41) is 0. The molecule has 0 fully saturated rings. The van der Waals surface area contributed by atoms with Crippen LogP contribution in [0.3, 0.4) is 0 Å². The number of fused-ring (bicyclic) bond motifs is 1. The summed E-state index contributed by atoms with van der Waals surface area (Å²) < 4.78 is 0. The molecule has 7 nitrogen and oxygen atoms in total. The van der Waals surface area contributed by atoms with Gasteiger partial charge in [0.25, 0.3) is 0 Å². The predicted molar refractivity (Wildman–Crippen MR) is 83.9 cm³/mol. The van der Waals surface area contributed by atoms with Crippen molar-refractivity contribution in [3.63, 3.8) is 0 Å². The van der Waals surface area contributed by atoms with Crippen molar-refractivity contribution in [2.24, 2.45) is 5.84 Å². The maximum atomic E-state index is 11.2. The lowest BCUT2D eigenvalue weighted by Gasteiger charge is -2.10. The molecule has 0 saturated carbocycles. The van der Waals surface area contributed by atoms with E-state index in [1.54, 1.807) is 12.3 Å². The van der Waals surface area contributed by atoms with Crippen LogP contribution in [0.4, 0.5) is 5.95 Å². The highest BCUT2D eigenvalue weighted by Gasteiger charge is 2.07. The molecular weight excluding hydrogens is 280 g/mol. The molecule has 0 unspecified atom stereocenters. The summed E-state index contributed by atoms with van der Waals surface area (Å²) in [5.74, 6) is 5.55. The number of anilines is 1.